The van der Waals surface area contributed by atoms with Crippen LogP contribution in [0, 0.1) is 0 Å². The zero-order chi connectivity index (χ0) is 13.7. The number of pyridine rings is 1. The molecule has 1 saturated heterocycles. The third kappa shape index (κ3) is 2.49. The molecule has 0 spiro atoms. The van der Waals surface area contributed by atoms with Crippen molar-refractivity contribution in [1.29, 1.82) is 0 Å². The molecule has 102 valence electrons. The highest BCUT2D eigenvalue weighted by Gasteiger charge is 2.52. The average molecular weight is 260 g/mol. The van der Waals surface area contributed by atoms with E-state index in [9.17, 15) is 0 Å². The van der Waals surface area contributed by atoms with E-state index in [4.69, 9.17) is 9.31 Å². The minimum Gasteiger partial charge on any atom is -0.398 e. The Hall–Kier alpha value is -1.07. The first-order valence-corrected chi connectivity index (χ1v) is 6.95. The normalized spacial score (nSPS) is 24.5. The molecule has 4 nitrogen and oxygen atoms in total. The van der Waals surface area contributed by atoms with Crippen LogP contribution in [0.2, 0.25) is 0 Å². The van der Waals surface area contributed by atoms with Crippen LogP contribution in [0.5, 0.6) is 0 Å². The molecule has 2 heterocycles. The van der Waals surface area contributed by atoms with Crippen LogP contribution >= 0.6 is 0 Å². The summed E-state index contributed by atoms with van der Waals surface area (Å²) in [5, 5.41) is 3.42. The smallest absolute Gasteiger partial charge is 0.398 e. The van der Waals surface area contributed by atoms with Crippen LogP contribution in [0.1, 0.15) is 40.5 Å². The van der Waals surface area contributed by atoms with Gasteiger partial charge >= 0.3 is 7.12 Å². The number of hydrogen-bond acceptors (Lipinski definition) is 4. The molecule has 2 fully saturated rings. The largest absolute Gasteiger partial charge is 0.514 e. The van der Waals surface area contributed by atoms with Gasteiger partial charge in [-0.15, -0.1) is 0 Å². The Kier molecular flexibility index (Phi) is 2.87. The van der Waals surface area contributed by atoms with Gasteiger partial charge in [0.2, 0.25) is 0 Å². The molecule has 1 saturated carbocycles. The zero-order valence-electron chi connectivity index (χ0n) is 12.1. The molecule has 0 unspecified atom stereocenters. The van der Waals surface area contributed by atoms with Crippen molar-refractivity contribution < 1.29 is 9.31 Å². The van der Waals surface area contributed by atoms with Crippen molar-refractivity contribution in [3.05, 3.63) is 18.3 Å². The number of aromatic nitrogens is 1. The highest BCUT2D eigenvalue weighted by Crippen LogP contribution is 2.36. The molecular formula is C14H21BN2O2. The van der Waals surface area contributed by atoms with Crippen molar-refractivity contribution in [3.63, 3.8) is 0 Å². The lowest BCUT2D eigenvalue weighted by molar-refractivity contribution is 0.00578. The molecule has 1 aromatic heterocycles. The summed E-state index contributed by atoms with van der Waals surface area (Å²) in [6.45, 7) is 8.21. The molecule has 0 aromatic carbocycles. The Labute approximate surface area is 115 Å². The number of anilines is 1. The average Bonchev–Trinajstić information content (AvgIpc) is 3.08. The van der Waals surface area contributed by atoms with Gasteiger partial charge in [-0.3, -0.25) is 4.98 Å². The first kappa shape index (κ1) is 12.9. The molecule has 1 aliphatic heterocycles. The van der Waals surface area contributed by atoms with Crippen molar-refractivity contribution in [3.8, 4) is 0 Å². The van der Waals surface area contributed by atoms with E-state index >= 15 is 0 Å². The molecule has 0 amide bonds. The van der Waals surface area contributed by atoms with Crippen LogP contribution in [0.4, 0.5) is 5.69 Å². The molecule has 0 bridgehead atoms. The Morgan fingerprint density at radius 2 is 1.79 bits per heavy atom. The quantitative estimate of drug-likeness (QED) is 0.843. The van der Waals surface area contributed by atoms with Gasteiger partial charge in [0.15, 0.2) is 0 Å². The maximum atomic E-state index is 5.98. The van der Waals surface area contributed by atoms with Gasteiger partial charge in [0.1, 0.15) is 0 Å². The molecule has 19 heavy (non-hydrogen) atoms. The Morgan fingerprint density at radius 1 is 1.16 bits per heavy atom. The summed E-state index contributed by atoms with van der Waals surface area (Å²) >= 11 is 0. The standard InChI is InChI=1S/C14H21BN2O2/c1-13(2)14(3,4)19-15(18-13)12-8-7-11(9-16-12)17-10-5-6-10/h7-10,17H,5-6H2,1-4H3. The van der Waals surface area contributed by atoms with Crippen molar-refractivity contribution in [2.24, 2.45) is 0 Å². The van der Waals surface area contributed by atoms with Gasteiger partial charge in [0, 0.05) is 12.2 Å². The van der Waals surface area contributed by atoms with E-state index in [1.807, 2.05) is 18.3 Å². The molecule has 1 aliphatic carbocycles. The number of hydrogen-bond donors (Lipinski definition) is 1. The van der Waals surface area contributed by atoms with E-state index in [0.717, 1.165) is 11.3 Å². The molecule has 1 aromatic rings. The van der Waals surface area contributed by atoms with E-state index in [-0.39, 0.29) is 18.3 Å². The topological polar surface area (TPSA) is 43.4 Å². The Bertz CT molecular complexity index is 453. The van der Waals surface area contributed by atoms with Crippen LogP contribution < -0.4 is 10.9 Å². The van der Waals surface area contributed by atoms with Gasteiger partial charge < -0.3 is 14.6 Å². The third-order valence-electron chi connectivity index (χ3n) is 4.23. The van der Waals surface area contributed by atoms with Gasteiger partial charge in [-0.1, -0.05) is 0 Å². The van der Waals surface area contributed by atoms with Gasteiger partial charge in [-0.25, -0.2) is 0 Å². The summed E-state index contributed by atoms with van der Waals surface area (Å²) in [5.74, 6) is 0. The lowest BCUT2D eigenvalue weighted by Gasteiger charge is -2.32. The second-order valence-electron chi connectivity index (χ2n) is 6.48. The molecular weight excluding hydrogens is 239 g/mol. The second-order valence-corrected chi connectivity index (χ2v) is 6.48. The molecule has 1 N–H and O–H groups in total. The predicted octanol–water partition coefficient (Wildman–Crippen LogP) is 1.96. The van der Waals surface area contributed by atoms with Gasteiger partial charge in [0.05, 0.1) is 22.5 Å². The first-order chi connectivity index (χ1) is 8.87. The summed E-state index contributed by atoms with van der Waals surface area (Å²) in [6.07, 6.45) is 4.39. The summed E-state index contributed by atoms with van der Waals surface area (Å²) in [4.78, 5) is 4.46. The summed E-state index contributed by atoms with van der Waals surface area (Å²) in [6, 6.07) is 4.67. The van der Waals surface area contributed by atoms with E-state index in [0.29, 0.717) is 6.04 Å². The van der Waals surface area contributed by atoms with Crippen LogP contribution in [-0.4, -0.2) is 29.3 Å². The number of rotatable bonds is 3. The van der Waals surface area contributed by atoms with Crippen molar-refractivity contribution in [2.45, 2.75) is 57.8 Å². The lowest BCUT2D eigenvalue weighted by Crippen LogP contribution is -2.41. The van der Waals surface area contributed by atoms with Gasteiger partial charge in [0.25, 0.3) is 0 Å². The van der Waals surface area contributed by atoms with Crippen LogP contribution in [0.25, 0.3) is 0 Å². The van der Waals surface area contributed by atoms with Crippen LogP contribution in [-0.2, 0) is 9.31 Å². The van der Waals surface area contributed by atoms with Crippen molar-refractivity contribution in [1.82, 2.24) is 4.98 Å². The van der Waals surface area contributed by atoms with Crippen LogP contribution in [0.3, 0.4) is 0 Å². The van der Waals surface area contributed by atoms with Gasteiger partial charge in [-0.2, -0.15) is 0 Å². The molecule has 3 rings (SSSR count). The Balaban J connectivity index is 1.72. The van der Waals surface area contributed by atoms with Crippen molar-refractivity contribution >= 4 is 18.4 Å². The van der Waals surface area contributed by atoms with E-state index in [2.05, 4.69) is 38.0 Å². The fourth-order valence-electron chi connectivity index (χ4n) is 2.06. The number of nitrogens with one attached hydrogen (secondary N) is 1. The zero-order valence-corrected chi connectivity index (χ0v) is 12.1. The highest BCUT2D eigenvalue weighted by molar-refractivity contribution is 6.61. The molecule has 0 radical (unpaired) electrons. The summed E-state index contributed by atoms with van der Waals surface area (Å²) < 4.78 is 12.0. The fraction of sp³-hybridized carbons (Fsp3) is 0.643. The van der Waals surface area contributed by atoms with E-state index in [1.165, 1.54) is 12.8 Å². The monoisotopic (exact) mass is 260 g/mol. The lowest BCUT2D eigenvalue weighted by atomic mass is 9.84. The van der Waals surface area contributed by atoms with E-state index in [1.54, 1.807) is 0 Å². The maximum Gasteiger partial charge on any atom is 0.514 e. The summed E-state index contributed by atoms with van der Waals surface area (Å²) in [7, 11) is -0.375. The molecule has 0 atom stereocenters. The fourth-order valence-corrected chi connectivity index (χ4v) is 2.06. The molecule has 2 aliphatic rings. The van der Waals surface area contributed by atoms with Crippen molar-refractivity contribution in [2.75, 3.05) is 5.32 Å². The summed E-state index contributed by atoms with van der Waals surface area (Å²) in [5.41, 5.74) is 1.27. The first-order valence-electron chi connectivity index (χ1n) is 6.95. The predicted molar refractivity (Wildman–Crippen MR) is 76.6 cm³/mol. The molecule has 5 heteroatoms. The minimum atomic E-state index is -0.375. The SMILES string of the molecule is CC1(C)OB(c2ccc(NC3CC3)cn2)OC1(C)C. The number of nitrogens with zero attached hydrogens (tertiary/aromatic N) is 1. The van der Waals surface area contributed by atoms with Crippen LogP contribution in [0.15, 0.2) is 18.3 Å². The maximum absolute atomic E-state index is 5.98. The third-order valence-corrected chi connectivity index (χ3v) is 4.23. The Morgan fingerprint density at radius 3 is 2.26 bits per heavy atom. The second kappa shape index (κ2) is 4.22. The minimum absolute atomic E-state index is 0.315. The van der Waals surface area contributed by atoms with Gasteiger partial charge in [-0.05, 0) is 52.7 Å². The van der Waals surface area contributed by atoms with E-state index < -0.39 is 0 Å². The highest BCUT2D eigenvalue weighted by atomic mass is 16.7.